The van der Waals surface area contributed by atoms with Crippen molar-refractivity contribution in [2.24, 2.45) is 0 Å². The van der Waals surface area contributed by atoms with Gasteiger partial charge in [-0.25, -0.2) is 0 Å². The van der Waals surface area contributed by atoms with Gasteiger partial charge >= 0.3 is 59.1 Å². The maximum absolute atomic E-state index is 9.77. The molecular formula is C5H6Na2O6. The van der Waals surface area contributed by atoms with Gasteiger partial charge in [0.05, 0.1) is 24.1 Å². The Morgan fingerprint density at radius 3 is 1.38 bits per heavy atom. The van der Waals surface area contributed by atoms with Crippen LogP contribution in [0.2, 0.25) is 0 Å². The normalized spacial score (nSPS) is 13.1. The van der Waals surface area contributed by atoms with Gasteiger partial charge in [0.15, 0.2) is 0 Å². The Morgan fingerprint density at radius 2 is 1.23 bits per heavy atom. The first-order chi connectivity index (χ1) is 4.95. The number of carboxylic acid groups (broad SMARTS) is 2. The van der Waals surface area contributed by atoms with Crippen molar-refractivity contribution in [3.63, 3.8) is 0 Å². The number of carboxylic acids is 2. The van der Waals surface area contributed by atoms with Gasteiger partial charge in [-0.2, -0.15) is 0 Å². The first-order valence-electron chi connectivity index (χ1n) is 2.73. The van der Waals surface area contributed by atoms with Crippen molar-refractivity contribution in [3.05, 3.63) is 0 Å². The second-order valence-corrected chi connectivity index (χ2v) is 1.91. The molecular weight excluding hydrogens is 202 g/mol. The van der Waals surface area contributed by atoms with E-state index >= 15 is 0 Å². The van der Waals surface area contributed by atoms with Crippen molar-refractivity contribution >= 4 is 11.9 Å². The van der Waals surface area contributed by atoms with Crippen LogP contribution in [-0.2, 0) is 9.59 Å². The monoisotopic (exact) mass is 208 g/mol. The van der Waals surface area contributed by atoms with E-state index in [0.717, 1.165) is 0 Å². The summed E-state index contributed by atoms with van der Waals surface area (Å²) in [6.45, 7) is 0. The quantitative estimate of drug-likeness (QED) is 0.442. The maximum Gasteiger partial charge on any atom is 1.00 e. The summed E-state index contributed by atoms with van der Waals surface area (Å²) in [7, 11) is 0. The second kappa shape index (κ2) is 9.42. The summed E-state index contributed by atoms with van der Waals surface area (Å²) in [5, 5.41) is 36.4. The van der Waals surface area contributed by atoms with Crippen LogP contribution < -0.4 is 69.3 Å². The number of aliphatic carboxylic acids is 2. The van der Waals surface area contributed by atoms with Crippen molar-refractivity contribution in [2.45, 2.75) is 18.6 Å². The first-order valence-corrected chi connectivity index (χ1v) is 2.73. The fraction of sp³-hybridized carbons (Fsp3) is 0.600. The summed E-state index contributed by atoms with van der Waals surface area (Å²) in [6.07, 6.45) is -4.80. The fourth-order valence-corrected chi connectivity index (χ4v) is 0.404. The van der Waals surface area contributed by atoms with Crippen LogP contribution in [0.15, 0.2) is 0 Å². The third-order valence-electron chi connectivity index (χ3n) is 0.991. The van der Waals surface area contributed by atoms with E-state index in [0.29, 0.717) is 0 Å². The number of hydrogen-bond donors (Lipinski definition) is 2. The zero-order valence-corrected chi connectivity index (χ0v) is 11.4. The van der Waals surface area contributed by atoms with Crippen LogP contribution >= 0.6 is 0 Å². The molecule has 13 heavy (non-hydrogen) atoms. The van der Waals surface area contributed by atoms with E-state index in [2.05, 4.69) is 0 Å². The van der Waals surface area contributed by atoms with Crippen molar-refractivity contribution in [1.82, 2.24) is 0 Å². The molecule has 0 fully saturated rings. The van der Waals surface area contributed by atoms with Crippen LogP contribution in [0, 0.1) is 0 Å². The third kappa shape index (κ3) is 9.17. The van der Waals surface area contributed by atoms with Crippen LogP contribution in [-0.4, -0.2) is 34.4 Å². The molecule has 0 rings (SSSR count). The number of hydrogen-bond acceptors (Lipinski definition) is 6. The Labute approximate surface area is 119 Å². The molecule has 0 saturated heterocycles. The van der Waals surface area contributed by atoms with E-state index in [4.69, 9.17) is 10.2 Å². The van der Waals surface area contributed by atoms with Crippen LogP contribution in [0.1, 0.15) is 6.42 Å². The standard InChI is InChI=1S/C5H8O6.2Na/c6-2(4(8)9)1-3(7)5(10)11;;/h2-3,6-7H,1H2,(H,8,9)(H,10,11);;/q;2*+1/p-2/t2-,3-;;/m0../s1. The molecule has 0 aliphatic carbocycles. The molecule has 0 aliphatic rings. The molecule has 0 aromatic carbocycles. The summed E-state index contributed by atoms with van der Waals surface area (Å²) in [5.41, 5.74) is 0. The Hall–Kier alpha value is 0.860. The largest absolute Gasteiger partial charge is 1.00 e. The number of aliphatic hydroxyl groups is 2. The van der Waals surface area contributed by atoms with E-state index in [1.54, 1.807) is 0 Å². The zero-order chi connectivity index (χ0) is 9.02. The topological polar surface area (TPSA) is 121 Å². The van der Waals surface area contributed by atoms with Gasteiger partial charge in [-0.1, -0.05) is 0 Å². The summed E-state index contributed by atoms with van der Waals surface area (Å²) in [6, 6.07) is 0. The average Bonchev–Trinajstić information content (AvgIpc) is 1.87. The third-order valence-corrected chi connectivity index (χ3v) is 0.991. The first kappa shape index (κ1) is 19.4. The van der Waals surface area contributed by atoms with Gasteiger partial charge in [0.2, 0.25) is 0 Å². The Kier molecular flexibility index (Phi) is 14.1. The van der Waals surface area contributed by atoms with Gasteiger partial charge < -0.3 is 30.0 Å². The Bertz CT molecular complexity index is 154. The summed E-state index contributed by atoms with van der Waals surface area (Å²) >= 11 is 0. The molecule has 0 radical (unpaired) electrons. The predicted octanol–water partition coefficient (Wildman–Crippen LogP) is -10.4. The molecule has 0 aromatic rings. The van der Waals surface area contributed by atoms with Gasteiger partial charge in [0.1, 0.15) is 0 Å². The molecule has 0 saturated carbocycles. The van der Waals surface area contributed by atoms with Crippen molar-refractivity contribution < 1.29 is 89.1 Å². The smallest absolute Gasteiger partial charge is 0.547 e. The summed E-state index contributed by atoms with van der Waals surface area (Å²) in [5.74, 6) is -3.66. The number of carbonyl (C=O) groups excluding carboxylic acids is 2. The summed E-state index contributed by atoms with van der Waals surface area (Å²) < 4.78 is 0. The van der Waals surface area contributed by atoms with Crippen molar-refractivity contribution in [2.75, 3.05) is 0 Å². The molecule has 0 aromatic heterocycles. The van der Waals surface area contributed by atoms with Crippen LogP contribution in [0.5, 0.6) is 0 Å². The Morgan fingerprint density at radius 1 is 1.00 bits per heavy atom. The molecule has 2 atom stereocenters. The van der Waals surface area contributed by atoms with Gasteiger partial charge in [-0.3, -0.25) is 0 Å². The molecule has 2 N–H and O–H groups in total. The van der Waals surface area contributed by atoms with E-state index in [1.165, 1.54) is 0 Å². The minimum absolute atomic E-state index is 0. The van der Waals surface area contributed by atoms with Crippen LogP contribution in [0.4, 0.5) is 0 Å². The molecule has 0 amide bonds. The Balaban J connectivity index is -0.000000500. The molecule has 0 spiro atoms. The molecule has 0 heterocycles. The van der Waals surface area contributed by atoms with Gasteiger partial charge in [-0.15, -0.1) is 0 Å². The number of rotatable bonds is 4. The fourth-order valence-electron chi connectivity index (χ4n) is 0.404. The number of carbonyl (C=O) groups is 2. The van der Waals surface area contributed by atoms with Crippen molar-refractivity contribution in [3.8, 4) is 0 Å². The second-order valence-electron chi connectivity index (χ2n) is 1.91. The predicted molar refractivity (Wildman–Crippen MR) is 26.6 cm³/mol. The summed E-state index contributed by atoms with van der Waals surface area (Å²) in [4.78, 5) is 19.5. The van der Waals surface area contributed by atoms with E-state index in [9.17, 15) is 19.8 Å². The van der Waals surface area contributed by atoms with Crippen LogP contribution in [0.3, 0.4) is 0 Å². The van der Waals surface area contributed by atoms with E-state index in [1.807, 2.05) is 0 Å². The van der Waals surface area contributed by atoms with Crippen LogP contribution in [0.25, 0.3) is 0 Å². The SMILES string of the molecule is O=C([O-])[C@@H](O)C[C@H](O)C(=O)[O-].[Na+].[Na+]. The van der Waals surface area contributed by atoms with Gasteiger partial charge in [0.25, 0.3) is 0 Å². The molecule has 0 aliphatic heterocycles. The minimum Gasteiger partial charge on any atom is -0.547 e. The van der Waals surface area contributed by atoms with Gasteiger partial charge in [-0.05, 0) is 0 Å². The molecule has 0 bridgehead atoms. The maximum atomic E-state index is 9.77. The molecule has 8 heteroatoms. The zero-order valence-electron chi connectivity index (χ0n) is 7.39. The molecule has 0 unspecified atom stereocenters. The minimum atomic E-state index is -1.98. The number of aliphatic hydroxyl groups excluding tert-OH is 2. The van der Waals surface area contributed by atoms with Crippen molar-refractivity contribution in [1.29, 1.82) is 0 Å². The average molecular weight is 208 g/mol. The van der Waals surface area contributed by atoms with E-state index in [-0.39, 0.29) is 59.1 Å². The van der Waals surface area contributed by atoms with E-state index < -0.39 is 30.6 Å². The molecule has 6 nitrogen and oxygen atoms in total. The molecule has 64 valence electrons. The van der Waals surface area contributed by atoms with Gasteiger partial charge in [0, 0.05) is 6.42 Å².